The summed E-state index contributed by atoms with van der Waals surface area (Å²) in [5, 5.41) is 0. The van der Waals surface area contributed by atoms with Gasteiger partial charge in [0.2, 0.25) is 0 Å². The highest BCUT2D eigenvalue weighted by Gasteiger charge is 2.57. The minimum Gasteiger partial charge on any atom is -0.460 e. The Labute approximate surface area is 203 Å². The summed E-state index contributed by atoms with van der Waals surface area (Å²) in [7, 11) is 0. The monoisotopic (exact) mass is 463 g/mol. The van der Waals surface area contributed by atoms with Gasteiger partial charge < -0.3 is 9.47 Å². The quantitative estimate of drug-likeness (QED) is 0.408. The third-order valence-corrected chi connectivity index (χ3v) is 9.44. The first-order valence-corrected chi connectivity index (χ1v) is 12.9. The molecular formula is C29H37NO4. The Morgan fingerprint density at radius 2 is 1.88 bits per heavy atom. The van der Waals surface area contributed by atoms with E-state index in [9.17, 15) is 9.59 Å². The van der Waals surface area contributed by atoms with Gasteiger partial charge in [-0.1, -0.05) is 37.6 Å². The summed E-state index contributed by atoms with van der Waals surface area (Å²) in [6, 6.07) is 4.27. The summed E-state index contributed by atoms with van der Waals surface area (Å²) in [5.41, 5.74) is 4.73. The predicted octanol–water partition coefficient (Wildman–Crippen LogP) is 5.56. The Morgan fingerprint density at radius 3 is 2.65 bits per heavy atom. The number of pyridine rings is 1. The fraction of sp³-hybridized carbons (Fsp3) is 0.621. The minimum atomic E-state index is -0.363. The number of hydrogen-bond donors (Lipinski definition) is 0. The van der Waals surface area contributed by atoms with Gasteiger partial charge in [-0.15, -0.1) is 0 Å². The molecule has 0 bridgehead atoms. The lowest BCUT2D eigenvalue weighted by Crippen LogP contribution is -2.50. The molecule has 182 valence electrons. The number of Topliss-reactive ketones (excluding diaryl/α,β-unsaturated/α-hetero) is 1. The molecule has 1 aromatic heterocycles. The van der Waals surface area contributed by atoms with E-state index in [1.54, 1.807) is 0 Å². The molecule has 6 atom stereocenters. The average molecular weight is 464 g/mol. The number of aromatic nitrogens is 1. The molecule has 4 aliphatic carbocycles. The van der Waals surface area contributed by atoms with Crippen molar-refractivity contribution in [2.24, 2.45) is 28.6 Å². The summed E-state index contributed by atoms with van der Waals surface area (Å²) in [4.78, 5) is 27.6. The van der Waals surface area contributed by atoms with Crippen molar-refractivity contribution in [1.82, 2.24) is 4.98 Å². The minimum absolute atomic E-state index is 0.0382. The lowest BCUT2D eigenvalue weighted by atomic mass is 9.47. The first-order chi connectivity index (χ1) is 16.3. The molecular weight excluding hydrogens is 426 g/mol. The van der Waals surface area contributed by atoms with E-state index in [-0.39, 0.29) is 41.9 Å². The number of fused-ring (bicyclic) bond motifs is 5. The highest BCUT2D eigenvalue weighted by Crippen LogP contribution is 2.66. The van der Waals surface area contributed by atoms with Crippen molar-refractivity contribution in [3.63, 3.8) is 0 Å². The number of rotatable bonds is 6. The molecule has 1 aromatic rings. The van der Waals surface area contributed by atoms with Gasteiger partial charge >= 0.3 is 5.97 Å². The van der Waals surface area contributed by atoms with Crippen molar-refractivity contribution in [2.45, 2.75) is 71.8 Å². The lowest BCUT2D eigenvalue weighted by molar-refractivity contribution is -0.157. The molecule has 0 aliphatic heterocycles. The maximum atomic E-state index is 12.2. The van der Waals surface area contributed by atoms with Crippen LogP contribution in [0.5, 0.6) is 0 Å². The van der Waals surface area contributed by atoms with Crippen molar-refractivity contribution in [2.75, 3.05) is 13.2 Å². The molecule has 0 radical (unpaired) electrons. The number of esters is 1. The first kappa shape index (κ1) is 23.5. The van der Waals surface area contributed by atoms with E-state index in [1.165, 1.54) is 42.9 Å². The van der Waals surface area contributed by atoms with Gasteiger partial charge in [0.25, 0.3) is 0 Å². The van der Waals surface area contributed by atoms with E-state index in [4.69, 9.17) is 9.47 Å². The highest BCUT2D eigenvalue weighted by molar-refractivity contribution is 5.77. The van der Waals surface area contributed by atoms with Crippen LogP contribution in [-0.4, -0.2) is 36.1 Å². The summed E-state index contributed by atoms with van der Waals surface area (Å²) in [6.45, 7) is 6.22. The molecule has 1 heterocycles. The van der Waals surface area contributed by atoms with Crippen LogP contribution >= 0.6 is 0 Å². The Bertz CT molecular complexity index is 1010. The third-order valence-electron chi connectivity index (χ3n) is 9.44. The second-order valence-electron chi connectivity index (χ2n) is 11.4. The maximum Gasteiger partial charge on any atom is 0.332 e. The Kier molecular flexibility index (Phi) is 6.26. The molecule has 5 rings (SSSR count). The summed E-state index contributed by atoms with van der Waals surface area (Å²) < 4.78 is 10.9. The van der Waals surface area contributed by atoms with E-state index in [1.807, 2.05) is 12.4 Å². The smallest absolute Gasteiger partial charge is 0.332 e. The second-order valence-corrected chi connectivity index (χ2v) is 11.4. The van der Waals surface area contributed by atoms with E-state index in [2.05, 4.69) is 43.1 Å². The number of carbonyl (C=O) groups is 2. The van der Waals surface area contributed by atoms with Crippen LogP contribution in [0.4, 0.5) is 0 Å². The van der Waals surface area contributed by atoms with Gasteiger partial charge in [-0.2, -0.15) is 0 Å². The topological polar surface area (TPSA) is 65.5 Å². The van der Waals surface area contributed by atoms with Crippen molar-refractivity contribution in [1.29, 1.82) is 0 Å². The van der Waals surface area contributed by atoms with Crippen LogP contribution in [-0.2, 0) is 19.1 Å². The zero-order valence-corrected chi connectivity index (χ0v) is 20.7. The molecule has 0 spiro atoms. The van der Waals surface area contributed by atoms with Gasteiger partial charge in [0.05, 0.1) is 0 Å². The number of carbonyl (C=O) groups excluding carboxylic acids is 2. The lowest BCUT2D eigenvalue weighted by Gasteiger charge is -2.57. The highest BCUT2D eigenvalue weighted by atomic mass is 16.6. The molecule has 5 nitrogen and oxygen atoms in total. The zero-order chi connectivity index (χ0) is 23.9. The van der Waals surface area contributed by atoms with Crippen LogP contribution < -0.4 is 0 Å². The fourth-order valence-electron chi connectivity index (χ4n) is 7.76. The maximum absolute atomic E-state index is 12.2. The van der Waals surface area contributed by atoms with E-state index >= 15 is 0 Å². The molecule has 0 saturated heterocycles. The van der Waals surface area contributed by atoms with E-state index < -0.39 is 0 Å². The summed E-state index contributed by atoms with van der Waals surface area (Å²) in [5.74, 6) is 1.64. The van der Waals surface area contributed by atoms with Crippen molar-refractivity contribution in [3.05, 3.63) is 47.8 Å². The summed E-state index contributed by atoms with van der Waals surface area (Å²) in [6.07, 6.45) is 16.4. The molecule has 2 fully saturated rings. The van der Waals surface area contributed by atoms with Gasteiger partial charge in [-0.05, 0) is 91.2 Å². The van der Waals surface area contributed by atoms with Crippen molar-refractivity contribution in [3.8, 4) is 0 Å². The number of ketones is 1. The predicted molar refractivity (Wildman–Crippen MR) is 131 cm³/mol. The van der Waals surface area contributed by atoms with Crippen LogP contribution in [0, 0.1) is 28.6 Å². The Balaban J connectivity index is 1.27. The van der Waals surface area contributed by atoms with E-state index in [0.717, 1.165) is 25.7 Å². The molecule has 5 heteroatoms. The molecule has 0 N–H and O–H groups in total. The fourth-order valence-corrected chi connectivity index (χ4v) is 7.76. The molecule has 4 aliphatic rings. The van der Waals surface area contributed by atoms with Crippen LogP contribution in [0.1, 0.15) is 71.3 Å². The standard InChI is InChI=1S/C29H37NO4/c1-19(31)17-33-18-27(32)34-22-10-12-28(2)21(15-22)6-7-23-25-9-8-24(20-5-4-14-30-16-20)29(25,3)13-11-26(23)28/h4-6,8,14,16,22-23,25-26H,7,9-13,15,17-18H2,1-3H3/t22-,23-,25-,26-,28-,29+/m0/s1. The second kappa shape index (κ2) is 9.07. The molecule has 0 aromatic carbocycles. The molecule has 0 unspecified atom stereocenters. The number of nitrogens with zero attached hydrogens (tertiary/aromatic N) is 1. The normalized spacial score (nSPS) is 36.4. The number of hydrogen-bond acceptors (Lipinski definition) is 5. The van der Waals surface area contributed by atoms with Crippen LogP contribution in [0.2, 0.25) is 0 Å². The average Bonchev–Trinajstić information content (AvgIpc) is 3.17. The zero-order valence-electron chi connectivity index (χ0n) is 20.7. The van der Waals surface area contributed by atoms with Crippen molar-refractivity contribution < 1.29 is 19.1 Å². The summed E-state index contributed by atoms with van der Waals surface area (Å²) >= 11 is 0. The van der Waals surface area contributed by atoms with Gasteiger partial charge in [-0.3, -0.25) is 9.78 Å². The van der Waals surface area contributed by atoms with Crippen LogP contribution in [0.3, 0.4) is 0 Å². The molecule has 0 amide bonds. The molecule has 2 saturated carbocycles. The largest absolute Gasteiger partial charge is 0.460 e. The first-order valence-electron chi connectivity index (χ1n) is 12.9. The third kappa shape index (κ3) is 4.06. The number of allylic oxidation sites excluding steroid dienone is 3. The Morgan fingerprint density at radius 1 is 1.06 bits per heavy atom. The van der Waals surface area contributed by atoms with Gasteiger partial charge in [0, 0.05) is 18.8 Å². The van der Waals surface area contributed by atoms with E-state index in [0.29, 0.717) is 17.8 Å². The Hall–Kier alpha value is -2.27. The van der Waals surface area contributed by atoms with Crippen LogP contribution in [0.25, 0.3) is 5.57 Å². The van der Waals surface area contributed by atoms with Gasteiger partial charge in [-0.25, -0.2) is 4.79 Å². The van der Waals surface area contributed by atoms with Gasteiger partial charge in [0.15, 0.2) is 5.78 Å². The van der Waals surface area contributed by atoms with Crippen molar-refractivity contribution >= 4 is 17.3 Å². The molecule has 34 heavy (non-hydrogen) atoms. The SMILES string of the molecule is CC(=O)COCC(=O)O[C@H]1CC[C@@]2(C)C(=CC[C@@H]3[C@@H]2CC[C@]2(C)C(c4cccnc4)=CC[C@@H]32)C1. The van der Waals surface area contributed by atoms with Gasteiger partial charge in [0.1, 0.15) is 19.3 Å². The van der Waals surface area contributed by atoms with Crippen LogP contribution in [0.15, 0.2) is 42.3 Å². The number of ether oxygens (including phenoxy) is 2.